The molecule has 2 aromatic carbocycles. The van der Waals surface area contributed by atoms with E-state index in [1.165, 1.54) is 35.4 Å². The van der Waals surface area contributed by atoms with Crippen molar-refractivity contribution in [2.45, 2.75) is 151 Å². The standard InChI is InChI=1S/C53H84ClN15O12S2/c1-28(2)23-40-50(78)63-35(13-18-55)45(73)62-38(16-21-58)49(77)69-42(29(3)70)52(80)60-22-17-39(48(76)61-36(14-19-56)47(75)67-41(51(79)66-40)25-31-9-6-5-7-10-31)64-46(74)37(15-20-57)65-53(81)43(30(4)71)68-44(72)34(59)27-83-82-26-32-11-8-12-33(54)24-32/h5-12,24,28-30,34-43,70-71H,13-23,25-27,55-59H2,1-4H3,(H,60,80)(H,61,76)(H,62,73)(H,63,78)(H,64,74)(H,65,81)(H,66,79)(H,67,75)(H,68,72)(H,69,77)/t29-,30-,34-,35+,36+,37-,38+,39+,40+,41-,42+,43+/m1/s1. The summed E-state index contributed by atoms with van der Waals surface area (Å²) in [6, 6.07) is 1.25. The first-order valence-corrected chi connectivity index (χ1v) is 30.3. The van der Waals surface area contributed by atoms with Gasteiger partial charge in [0.05, 0.1) is 18.2 Å². The van der Waals surface area contributed by atoms with Crippen LogP contribution in [0.3, 0.4) is 0 Å². The van der Waals surface area contributed by atoms with E-state index in [1.54, 1.807) is 56.3 Å². The smallest absolute Gasteiger partial charge is 0.245 e. The number of hydrogen-bond acceptors (Lipinski definition) is 19. The summed E-state index contributed by atoms with van der Waals surface area (Å²) in [5, 5.41) is 47.5. The average molecular weight is 1220 g/mol. The van der Waals surface area contributed by atoms with Crippen LogP contribution in [-0.4, -0.2) is 180 Å². The molecule has 0 bridgehead atoms. The molecule has 0 aromatic heterocycles. The number of rotatable bonds is 25. The van der Waals surface area contributed by atoms with E-state index in [0.717, 1.165) is 5.56 Å². The number of aliphatic hydroxyl groups is 2. The molecular weight excluding hydrogens is 1140 g/mol. The maximum absolute atomic E-state index is 14.5. The average Bonchev–Trinajstić information content (AvgIpc) is 3.63. The molecule has 10 amide bonds. The van der Waals surface area contributed by atoms with Crippen molar-refractivity contribution < 1.29 is 58.2 Å². The maximum Gasteiger partial charge on any atom is 0.245 e. The molecule has 462 valence electrons. The molecule has 83 heavy (non-hydrogen) atoms. The van der Waals surface area contributed by atoms with Crippen molar-refractivity contribution in [3.8, 4) is 0 Å². The molecule has 0 radical (unpaired) electrons. The predicted molar refractivity (Wildman–Crippen MR) is 316 cm³/mol. The monoisotopic (exact) mass is 1220 g/mol. The number of nitrogens with two attached hydrogens (primary N) is 5. The lowest BCUT2D eigenvalue weighted by molar-refractivity contribution is -0.136. The molecule has 12 atom stereocenters. The van der Waals surface area contributed by atoms with Crippen LogP contribution in [-0.2, 0) is 60.1 Å². The molecule has 3 rings (SSSR count). The lowest BCUT2D eigenvalue weighted by Crippen LogP contribution is -2.62. The first-order valence-electron chi connectivity index (χ1n) is 27.4. The summed E-state index contributed by atoms with van der Waals surface area (Å²) in [7, 11) is 2.71. The van der Waals surface area contributed by atoms with Crippen molar-refractivity contribution in [2.24, 2.45) is 34.6 Å². The quantitative estimate of drug-likeness (QED) is 0.0332. The Kier molecular flexibility index (Phi) is 31.9. The zero-order valence-electron chi connectivity index (χ0n) is 47.2. The Morgan fingerprint density at radius 2 is 1.16 bits per heavy atom. The van der Waals surface area contributed by atoms with E-state index in [0.29, 0.717) is 16.3 Å². The molecule has 1 saturated heterocycles. The van der Waals surface area contributed by atoms with Gasteiger partial charge in [-0.05, 0) is 108 Å². The molecule has 2 aromatic rings. The van der Waals surface area contributed by atoms with E-state index < -0.39 is 145 Å². The number of aliphatic hydroxyl groups excluding tert-OH is 2. The fourth-order valence-electron chi connectivity index (χ4n) is 8.38. The topological polar surface area (TPSA) is 462 Å². The fourth-order valence-corrected chi connectivity index (χ4v) is 10.8. The zero-order valence-corrected chi connectivity index (χ0v) is 49.5. The van der Waals surface area contributed by atoms with Gasteiger partial charge in [-0.25, -0.2) is 0 Å². The zero-order chi connectivity index (χ0) is 61.8. The minimum Gasteiger partial charge on any atom is -0.391 e. The highest BCUT2D eigenvalue weighted by Gasteiger charge is 2.37. The molecule has 1 heterocycles. The van der Waals surface area contributed by atoms with Gasteiger partial charge in [0.15, 0.2) is 0 Å². The Labute approximate surface area is 496 Å². The van der Waals surface area contributed by atoms with Crippen molar-refractivity contribution >= 4 is 92.3 Å². The van der Waals surface area contributed by atoms with E-state index in [-0.39, 0.29) is 76.4 Å². The molecule has 0 saturated carbocycles. The van der Waals surface area contributed by atoms with E-state index in [1.807, 2.05) is 12.1 Å². The fraction of sp³-hybridized carbons (Fsp3) is 0.585. The van der Waals surface area contributed by atoms with Gasteiger partial charge in [-0.3, -0.25) is 47.9 Å². The van der Waals surface area contributed by atoms with Gasteiger partial charge in [0.1, 0.15) is 54.4 Å². The third kappa shape index (κ3) is 24.9. The summed E-state index contributed by atoms with van der Waals surface area (Å²) in [4.78, 5) is 140. The molecular formula is C53H84ClN15O12S2. The van der Waals surface area contributed by atoms with Crippen molar-refractivity contribution in [3.05, 3.63) is 70.7 Å². The van der Waals surface area contributed by atoms with Crippen LogP contribution >= 0.6 is 33.2 Å². The molecule has 30 heteroatoms. The highest BCUT2D eigenvalue weighted by molar-refractivity contribution is 8.76. The predicted octanol–water partition coefficient (Wildman–Crippen LogP) is -4.12. The summed E-state index contributed by atoms with van der Waals surface area (Å²) < 4.78 is 0. The first kappa shape index (κ1) is 71.1. The number of halogens is 1. The van der Waals surface area contributed by atoms with Gasteiger partial charge < -0.3 is 92.0 Å². The largest absolute Gasteiger partial charge is 0.391 e. The van der Waals surface area contributed by atoms with Gasteiger partial charge in [0.2, 0.25) is 59.1 Å². The third-order valence-electron chi connectivity index (χ3n) is 12.9. The molecule has 1 aliphatic heterocycles. The Bertz CT molecular complexity index is 2470. The van der Waals surface area contributed by atoms with Crippen LogP contribution in [0, 0.1) is 5.92 Å². The highest BCUT2D eigenvalue weighted by Crippen LogP contribution is 2.27. The van der Waals surface area contributed by atoms with Crippen molar-refractivity contribution in [1.82, 2.24) is 53.2 Å². The molecule has 27 nitrogen and oxygen atoms in total. The number of nitrogens with one attached hydrogen (secondary N) is 10. The highest BCUT2D eigenvalue weighted by atomic mass is 35.5. The molecule has 1 fully saturated rings. The number of benzene rings is 2. The van der Waals surface area contributed by atoms with Gasteiger partial charge in [-0.15, -0.1) is 0 Å². The lowest BCUT2D eigenvalue weighted by Gasteiger charge is -2.28. The Morgan fingerprint density at radius 3 is 1.70 bits per heavy atom. The summed E-state index contributed by atoms with van der Waals surface area (Å²) in [5.74, 6) is -8.68. The summed E-state index contributed by atoms with van der Waals surface area (Å²) in [5.41, 5.74) is 31.2. The normalized spacial score (nSPS) is 22.8. The van der Waals surface area contributed by atoms with Gasteiger partial charge >= 0.3 is 0 Å². The van der Waals surface area contributed by atoms with Crippen LogP contribution < -0.4 is 81.8 Å². The second-order valence-electron chi connectivity index (χ2n) is 20.4. The molecule has 0 spiro atoms. The maximum atomic E-state index is 14.5. The van der Waals surface area contributed by atoms with Crippen molar-refractivity contribution in [1.29, 1.82) is 0 Å². The van der Waals surface area contributed by atoms with Gasteiger partial charge in [0, 0.05) is 29.5 Å². The van der Waals surface area contributed by atoms with Crippen molar-refractivity contribution in [2.75, 3.05) is 38.5 Å². The molecule has 0 unspecified atom stereocenters. The second kappa shape index (κ2) is 37.2. The summed E-state index contributed by atoms with van der Waals surface area (Å²) >= 11 is 6.08. The van der Waals surface area contributed by atoms with E-state index in [9.17, 15) is 58.2 Å². The van der Waals surface area contributed by atoms with Crippen LogP contribution in [0.4, 0.5) is 0 Å². The Balaban J connectivity index is 2.03. The Morgan fingerprint density at radius 1 is 0.627 bits per heavy atom. The molecule has 22 N–H and O–H groups in total. The minimum atomic E-state index is -1.68. The first-order chi connectivity index (χ1) is 39.4. The van der Waals surface area contributed by atoms with E-state index >= 15 is 0 Å². The molecule has 1 aliphatic rings. The van der Waals surface area contributed by atoms with E-state index in [2.05, 4.69) is 53.2 Å². The lowest BCUT2D eigenvalue weighted by atomic mass is 10.00. The number of carbonyl (C=O) groups is 10. The van der Waals surface area contributed by atoms with Crippen LogP contribution in [0.5, 0.6) is 0 Å². The molecule has 0 aliphatic carbocycles. The Hall–Kier alpha value is -6.15. The summed E-state index contributed by atoms with van der Waals surface area (Å²) in [6.07, 6.45) is -4.35. The van der Waals surface area contributed by atoms with Crippen LogP contribution in [0.25, 0.3) is 0 Å². The second-order valence-corrected chi connectivity index (χ2v) is 23.3. The number of hydrogen-bond donors (Lipinski definition) is 17. The van der Waals surface area contributed by atoms with E-state index in [4.69, 9.17) is 40.3 Å². The number of amides is 10. The van der Waals surface area contributed by atoms with Gasteiger partial charge in [-0.2, -0.15) is 0 Å². The van der Waals surface area contributed by atoms with Crippen molar-refractivity contribution in [3.63, 3.8) is 0 Å². The van der Waals surface area contributed by atoms with Crippen LogP contribution in [0.1, 0.15) is 77.3 Å². The van der Waals surface area contributed by atoms with Crippen LogP contribution in [0.15, 0.2) is 54.6 Å². The van der Waals surface area contributed by atoms with Gasteiger partial charge in [0.25, 0.3) is 0 Å². The SMILES string of the molecule is CC(C)C[C@@H]1NC(=O)[C@@H](Cc2ccccc2)NC(=O)[C@H](CCN)NC(=O)[C@@H](NC(=O)[C@@H](CCN)NC(=O)[C@@H](NC(=O)[C@H](N)CSSCc2cccc(Cl)c2)[C@@H](C)O)CCNC(=O)[C@H]([C@@H](C)O)NC(=O)[C@H](CCN)NC(=O)[C@H](CCN)NC1=O. The summed E-state index contributed by atoms with van der Waals surface area (Å²) in [6.45, 7) is 4.92. The number of carbonyl (C=O) groups excluding carboxylic acids is 10. The van der Waals surface area contributed by atoms with Gasteiger partial charge in [-0.1, -0.05) is 89.5 Å². The third-order valence-corrected chi connectivity index (χ3v) is 15.5. The minimum absolute atomic E-state index is 0.0503. The van der Waals surface area contributed by atoms with Crippen LogP contribution in [0.2, 0.25) is 5.02 Å².